The molecule has 0 saturated heterocycles. The number of rotatable bonds is 4. The predicted octanol–water partition coefficient (Wildman–Crippen LogP) is 4.15. The summed E-state index contributed by atoms with van der Waals surface area (Å²) in [5.74, 6) is 2.00. The summed E-state index contributed by atoms with van der Waals surface area (Å²) >= 11 is 7.18. The van der Waals surface area contributed by atoms with Gasteiger partial charge in [0.2, 0.25) is 0 Å². The predicted molar refractivity (Wildman–Crippen MR) is 60.2 cm³/mol. The second-order valence-electron chi connectivity index (χ2n) is 3.58. The lowest BCUT2D eigenvalue weighted by Gasteiger charge is -2.05. The smallest absolute Gasteiger partial charge is 0.117 e. The van der Waals surface area contributed by atoms with Crippen molar-refractivity contribution < 1.29 is 4.42 Å². The van der Waals surface area contributed by atoms with Gasteiger partial charge in [-0.25, -0.2) is 0 Å². The van der Waals surface area contributed by atoms with Crippen LogP contribution in [0.3, 0.4) is 0 Å². The van der Waals surface area contributed by atoms with Gasteiger partial charge in [-0.3, -0.25) is 0 Å². The largest absolute Gasteiger partial charge is 0.468 e. The third kappa shape index (κ3) is 2.59. The molecule has 1 fully saturated rings. The zero-order valence-corrected chi connectivity index (χ0v) is 10.5. The summed E-state index contributed by atoms with van der Waals surface area (Å²) in [6.07, 6.45) is 6.74. The van der Waals surface area contributed by atoms with Gasteiger partial charge in [-0.2, -0.15) is 0 Å². The summed E-state index contributed by atoms with van der Waals surface area (Å²) in [7, 11) is 0. The van der Waals surface area contributed by atoms with Gasteiger partial charge in [-0.05, 0) is 47.2 Å². The van der Waals surface area contributed by atoms with Gasteiger partial charge in [-0.15, -0.1) is 0 Å². The number of hydrogen-bond acceptors (Lipinski definition) is 1. The molecule has 1 unspecified atom stereocenters. The Bertz CT molecular complexity index is 278. The van der Waals surface area contributed by atoms with E-state index in [1.165, 1.54) is 19.3 Å². The van der Waals surface area contributed by atoms with Crippen molar-refractivity contribution in [1.82, 2.24) is 0 Å². The van der Waals surface area contributed by atoms with Gasteiger partial charge in [0.1, 0.15) is 5.76 Å². The Kier molecular flexibility index (Phi) is 3.14. The molecular formula is C10H12Br2O. The minimum atomic E-state index is 0.685. The highest BCUT2D eigenvalue weighted by atomic mass is 79.9. The molecule has 1 nitrogen and oxygen atoms in total. The van der Waals surface area contributed by atoms with E-state index in [4.69, 9.17) is 4.42 Å². The molecule has 0 spiro atoms. The van der Waals surface area contributed by atoms with Crippen molar-refractivity contribution >= 4 is 31.9 Å². The van der Waals surface area contributed by atoms with Crippen LogP contribution in [0.1, 0.15) is 25.0 Å². The summed E-state index contributed by atoms with van der Waals surface area (Å²) < 4.78 is 6.45. The SMILES string of the molecule is Brc1ccoc1CCC(Br)C1CC1. The molecule has 1 aliphatic rings. The number of furan rings is 1. The summed E-state index contributed by atoms with van der Waals surface area (Å²) in [5, 5.41) is 0. The van der Waals surface area contributed by atoms with Crippen LogP contribution >= 0.6 is 31.9 Å². The lowest BCUT2D eigenvalue weighted by atomic mass is 10.1. The number of hydrogen-bond donors (Lipinski definition) is 0. The third-order valence-corrected chi connectivity index (χ3v) is 4.38. The van der Waals surface area contributed by atoms with E-state index in [1.54, 1.807) is 6.26 Å². The van der Waals surface area contributed by atoms with E-state index in [-0.39, 0.29) is 0 Å². The molecule has 72 valence electrons. The van der Waals surface area contributed by atoms with Crippen LogP contribution in [0.2, 0.25) is 0 Å². The van der Waals surface area contributed by atoms with Gasteiger partial charge in [0.05, 0.1) is 10.7 Å². The molecular weight excluding hydrogens is 296 g/mol. The van der Waals surface area contributed by atoms with E-state index < -0.39 is 0 Å². The van der Waals surface area contributed by atoms with Crippen molar-refractivity contribution in [2.45, 2.75) is 30.5 Å². The van der Waals surface area contributed by atoms with Crippen LogP contribution in [-0.2, 0) is 6.42 Å². The molecule has 2 rings (SSSR count). The molecule has 0 N–H and O–H groups in total. The Hall–Kier alpha value is 0.240. The Balaban J connectivity index is 1.81. The van der Waals surface area contributed by atoms with Gasteiger partial charge < -0.3 is 4.42 Å². The van der Waals surface area contributed by atoms with Gasteiger partial charge in [0.15, 0.2) is 0 Å². The molecule has 3 heteroatoms. The average Bonchev–Trinajstić information content (AvgIpc) is 2.88. The average molecular weight is 308 g/mol. The molecule has 0 amide bonds. The number of aryl methyl sites for hydroxylation is 1. The summed E-state index contributed by atoms with van der Waals surface area (Å²) in [5.41, 5.74) is 0. The highest BCUT2D eigenvalue weighted by Gasteiger charge is 2.29. The molecule has 1 aromatic heterocycles. The molecule has 0 aliphatic heterocycles. The lowest BCUT2D eigenvalue weighted by Crippen LogP contribution is -2.01. The minimum absolute atomic E-state index is 0.685. The van der Waals surface area contributed by atoms with Crippen LogP contribution in [0.25, 0.3) is 0 Å². The maximum Gasteiger partial charge on any atom is 0.117 e. The second kappa shape index (κ2) is 4.18. The first-order valence-electron chi connectivity index (χ1n) is 4.63. The van der Waals surface area contributed by atoms with Crippen molar-refractivity contribution in [3.05, 3.63) is 22.6 Å². The third-order valence-electron chi connectivity index (χ3n) is 2.47. The van der Waals surface area contributed by atoms with E-state index in [0.717, 1.165) is 22.6 Å². The molecule has 1 aliphatic carbocycles. The molecule has 1 aromatic rings. The van der Waals surface area contributed by atoms with Gasteiger partial charge >= 0.3 is 0 Å². The van der Waals surface area contributed by atoms with Crippen LogP contribution in [0.4, 0.5) is 0 Å². The molecule has 1 saturated carbocycles. The van der Waals surface area contributed by atoms with Crippen molar-refractivity contribution in [1.29, 1.82) is 0 Å². The van der Waals surface area contributed by atoms with Gasteiger partial charge in [-0.1, -0.05) is 15.9 Å². The van der Waals surface area contributed by atoms with Gasteiger partial charge in [0, 0.05) is 11.2 Å². The second-order valence-corrected chi connectivity index (χ2v) is 5.61. The highest BCUT2D eigenvalue weighted by Crippen LogP contribution is 2.38. The fourth-order valence-corrected chi connectivity index (χ4v) is 2.62. The molecule has 1 atom stereocenters. The fourth-order valence-electron chi connectivity index (χ4n) is 1.47. The molecule has 1 heterocycles. The number of halogens is 2. The van der Waals surface area contributed by atoms with Crippen molar-refractivity contribution in [3.8, 4) is 0 Å². The van der Waals surface area contributed by atoms with Gasteiger partial charge in [0.25, 0.3) is 0 Å². The van der Waals surface area contributed by atoms with Crippen molar-refractivity contribution in [2.24, 2.45) is 5.92 Å². The van der Waals surface area contributed by atoms with E-state index in [0.29, 0.717) is 4.83 Å². The summed E-state index contributed by atoms with van der Waals surface area (Å²) in [6.45, 7) is 0. The summed E-state index contributed by atoms with van der Waals surface area (Å²) in [4.78, 5) is 0.685. The standard InChI is InChI=1S/C10H12Br2O/c11-8(7-1-2-7)3-4-10-9(12)5-6-13-10/h5-8H,1-4H2. The van der Waals surface area contributed by atoms with Crippen molar-refractivity contribution in [3.63, 3.8) is 0 Å². The normalized spacial score (nSPS) is 18.9. The zero-order valence-electron chi connectivity index (χ0n) is 7.30. The Labute approximate surface area is 95.1 Å². The lowest BCUT2D eigenvalue weighted by molar-refractivity contribution is 0.494. The van der Waals surface area contributed by atoms with Crippen LogP contribution < -0.4 is 0 Å². The molecule has 13 heavy (non-hydrogen) atoms. The van der Waals surface area contributed by atoms with Crippen LogP contribution in [0.5, 0.6) is 0 Å². The van der Waals surface area contributed by atoms with Crippen molar-refractivity contribution in [2.75, 3.05) is 0 Å². The molecule has 0 bridgehead atoms. The quantitative estimate of drug-likeness (QED) is 0.762. The Morgan fingerprint density at radius 2 is 2.31 bits per heavy atom. The number of alkyl halides is 1. The van der Waals surface area contributed by atoms with Crippen LogP contribution in [0.15, 0.2) is 21.2 Å². The van der Waals surface area contributed by atoms with E-state index in [1.807, 2.05) is 6.07 Å². The van der Waals surface area contributed by atoms with Crippen LogP contribution in [0, 0.1) is 5.92 Å². The maximum absolute atomic E-state index is 5.35. The monoisotopic (exact) mass is 306 g/mol. The zero-order chi connectivity index (χ0) is 9.26. The van der Waals surface area contributed by atoms with Crippen LogP contribution in [-0.4, -0.2) is 4.83 Å². The van der Waals surface area contributed by atoms with E-state index in [9.17, 15) is 0 Å². The molecule has 0 aromatic carbocycles. The minimum Gasteiger partial charge on any atom is -0.468 e. The van der Waals surface area contributed by atoms with E-state index >= 15 is 0 Å². The first-order chi connectivity index (χ1) is 6.27. The topological polar surface area (TPSA) is 13.1 Å². The molecule has 0 radical (unpaired) electrons. The summed E-state index contributed by atoms with van der Waals surface area (Å²) in [6, 6.07) is 1.95. The fraction of sp³-hybridized carbons (Fsp3) is 0.600. The Morgan fingerprint density at radius 3 is 2.85 bits per heavy atom. The first kappa shape index (κ1) is 9.78. The maximum atomic E-state index is 5.35. The first-order valence-corrected chi connectivity index (χ1v) is 6.34. The Morgan fingerprint density at radius 1 is 1.54 bits per heavy atom. The highest BCUT2D eigenvalue weighted by molar-refractivity contribution is 9.10. The van der Waals surface area contributed by atoms with E-state index in [2.05, 4.69) is 31.9 Å².